The molecule has 6 nitrogen and oxygen atoms in total. The highest BCUT2D eigenvalue weighted by molar-refractivity contribution is 7.92. The standard InChI is InChI=1S/C23H22F3N3O3S/c1-2-4-15-13-16(23(24,25)26)5-7-18(15)19-9-12-32-21-14-17(6-8-20(19)21)33(30,31)29-22-27-10-3-11-28-22/h3,5-8,10-11,13-14,19H,2,4,9,12H2,1H3,(H,27,28,29)/t19-/m0/s1. The number of ether oxygens (including phenoxy) is 1. The summed E-state index contributed by atoms with van der Waals surface area (Å²) in [4.78, 5) is 7.72. The summed E-state index contributed by atoms with van der Waals surface area (Å²) in [6.07, 6.45) is 0.228. The summed E-state index contributed by atoms with van der Waals surface area (Å²) < 4.78 is 73.3. The molecule has 1 aliphatic heterocycles. The highest BCUT2D eigenvalue weighted by atomic mass is 32.2. The Hall–Kier alpha value is -3.14. The molecule has 1 aromatic heterocycles. The van der Waals surface area contributed by atoms with Crippen molar-refractivity contribution in [2.24, 2.45) is 0 Å². The van der Waals surface area contributed by atoms with Crippen molar-refractivity contribution in [1.82, 2.24) is 9.97 Å². The van der Waals surface area contributed by atoms with Crippen LogP contribution >= 0.6 is 0 Å². The number of anilines is 1. The predicted octanol–water partition coefficient (Wildman–Crippen LogP) is 5.16. The number of hydrogen-bond acceptors (Lipinski definition) is 5. The van der Waals surface area contributed by atoms with Gasteiger partial charge in [-0.1, -0.05) is 25.5 Å². The molecule has 0 saturated carbocycles. The van der Waals surface area contributed by atoms with E-state index >= 15 is 0 Å². The van der Waals surface area contributed by atoms with Crippen molar-refractivity contribution in [2.75, 3.05) is 11.3 Å². The number of nitrogens with zero attached hydrogens (tertiary/aromatic N) is 2. The summed E-state index contributed by atoms with van der Waals surface area (Å²) >= 11 is 0. The molecule has 3 aromatic rings. The van der Waals surface area contributed by atoms with E-state index in [1.54, 1.807) is 12.1 Å². The molecule has 174 valence electrons. The highest BCUT2D eigenvalue weighted by Gasteiger charge is 2.33. The van der Waals surface area contributed by atoms with Crippen molar-refractivity contribution in [3.05, 3.63) is 77.1 Å². The van der Waals surface area contributed by atoms with Gasteiger partial charge in [-0.25, -0.2) is 23.1 Å². The molecular formula is C23H22F3N3O3S. The lowest BCUT2D eigenvalue weighted by Gasteiger charge is -2.28. The average Bonchev–Trinajstić information content (AvgIpc) is 2.78. The molecule has 0 unspecified atom stereocenters. The van der Waals surface area contributed by atoms with Crippen LogP contribution in [0.15, 0.2) is 59.8 Å². The number of halogens is 3. The van der Waals surface area contributed by atoms with Crippen molar-refractivity contribution >= 4 is 16.0 Å². The summed E-state index contributed by atoms with van der Waals surface area (Å²) in [5.41, 5.74) is 1.52. The van der Waals surface area contributed by atoms with Gasteiger partial charge in [0.15, 0.2) is 0 Å². The highest BCUT2D eigenvalue weighted by Crippen LogP contribution is 2.42. The zero-order chi connectivity index (χ0) is 23.6. The van der Waals surface area contributed by atoms with Gasteiger partial charge < -0.3 is 4.74 Å². The molecule has 1 N–H and O–H groups in total. The zero-order valence-electron chi connectivity index (χ0n) is 17.8. The zero-order valence-corrected chi connectivity index (χ0v) is 18.6. The van der Waals surface area contributed by atoms with Gasteiger partial charge in [-0.3, -0.25) is 0 Å². The van der Waals surface area contributed by atoms with E-state index in [1.165, 1.54) is 36.7 Å². The minimum absolute atomic E-state index is 0.0180. The number of aromatic nitrogens is 2. The Morgan fingerprint density at radius 1 is 1.09 bits per heavy atom. The Bertz CT molecular complexity index is 1250. The summed E-state index contributed by atoms with van der Waals surface area (Å²) in [5, 5.41) is 0. The molecule has 0 fully saturated rings. The van der Waals surface area contributed by atoms with Crippen LogP contribution in [0.3, 0.4) is 0 Å². The largest absolute Gasteiger partial charge is 0.493 e. The molecular weight excluding hydrogens is 455 g/mol. The van der Waals surface area contributed by atoms with Crippen LogP contribution in [-0.4, -0.2) is 25.0 Å². The van der Waals surface area contributed by atoms with Crippen LogP contribution in [-0.2, 0) is 22.6 Å². The first-order chi connectivity index (χ1) is 15.7. The van der Waals surface area contributed by atoms with E-state index in [-0.39, 0.29) is 16.8 Å². The van der Waals surface area contributed by atoms with Gasteiger partial charge in [0.1, 0.15) is 5.75 Å². The van der Waals surface area contributed by atoms with Crippen LogP contribution in [0.5, 0.6) is 5.75 Å². The van der Waals surface area contributed by atoms with Crippen LogP contribution in [0.25, 0.3) is 0 Å². The van der Waals surface area contributed by atoms with E-state index in [2.05, 4.69) is 14.7 Å². The number of rotatable bonds is 6. The number of alkyl halides is 3. The maximum Gasteiger partial charge on any atom is 0.416 e. The van der Waals surface area contributed by atoms with Crippen LogP contribution in [0, 0.1) is 0 Å². The third-order valence-corrected chi connectivity index (χ3v) is 6.82. The fraction of sp³-hybridized carbons (Fsp3) is 0.304. The Balaban J connectivity index is 1.69. The van der Waals surface area contributed by atoms with Crippen molar-refractivity contribution in [2.45, 2.75) is 43.2 Å². The minimum Gasteiger partial charge on any atom is -0.493 e. The van der Waals surface area contributed by atoms with Gasteiger partial charge in [-0.2, -0.15) is 13.2 Å². The molecule has 0 radical (unpaired) electrons. The normalized spacial score (nSPS) is 16.1. The van der Waals surface area contributed by atoms with Crippen molar-refractivity contribution < 1.29 is 26.3 Å². The monoisotopic (exact) mass is 477 g/mol. The van der Waals surface area contributed by atoms with Crippen molar-refractivity contribution in [1.29, 1.82) is 0 Å². The number of sulfonamides is 1. The van der Waals surface area contributed by atoms with Crippen molar-refractivity contribution in [3.8, 4) is 5.75 Å². The number of aryl methyl sites for hydroxylation is 1. The average molecular weight is 478 g/mol. The van der Waals surface area contributed by atoms with Crippen LogP contribution in [0.2, 0.25) is 0 Å². The fourth-order valence-electron chi connectivity index (χ4n) is 4.00. The van der Waals surface area contributed by atoms with Gasteiger partial charge in [0.25, 0.3) is 10.0 Å². The molecule has 0 saturated heterocycles. The summed E-state index contributed by atoms with van der Waals surface area (Å²) in [7, 11) is -3.95. The molecule has 0 bridgehead atoms. The molecule has 2 aromatic carbocycles. The van der Waals surface area contributed by atoms with Gasteiger partial charge in [-0.05, 0) is 48.2 Å². The first-order valence-electron chi connectivity index (χ1n) is 10.5. The molecule has 1 aliphatic rings. The fourth-order valence-corrected chi connectivity index (χ4v) is 4.97. The first-order valence-corrected chi connectivity index (χ1v) is 11.9. The van der Waals surface area contributed by atoms with E-state index in [0.29, 0.717) is 37.2 Å². The quantitative estimate of drug-likeness (QED) is 0.530. The van der Waals surface area contributed by atoms with Gasteiger partial charge in [0.05, 0.1) is 17.1 Å². The molecule has 10 heteroatoms. The Labute approximate surface area is 189 Å². The van der Waals surface area contributed by atoms with E-state index in [4.69, 9.17) is 4.74 Å². The maximum atomic E-state index is 13.2. The van der Waals surface area contributed by atoms with Crippen LogP contribution in [0.1, 0.15) is 47.9 Å². The Morgan fingerprint density at radius 3 is 2.52 bits per heavy atom. The molecule has 0 aliphatic carbocycles. The third kappa shape index (κ3) is 4.95. The summed E-state index contributed by atoms with van der Waals surface area (Å²) in [6.45, 7) is 2.24. The first kappa shape index (κ1) is 23.0. The summed E-state index contributed by atoms with van der Waals surface area (Å²) in [5.74, 6) is 0.146. The van der Waals surface area contributed by atoms with E-state index in [9.17, 15) is 21.6 Å². The second-order valence-corrected chi connectivity index (χ2v) is 9.41. The third-order valence-electron chi connectivity index (χ3n) is 5.49. The lowest BCUT2D eigenvalue weighted by atomic mass is 9.82. The van der Waals surface area contributed by atoms with Gasteiger partial charge >= 0.3 is 6.18 Å². The lowest BCUT2D eigenvalue weighted by Crippen LogP contribution is -2.19. The lowest BCUT2D eigenvalue weighted by molar-refractivity contribution is -0.137. The van der Waals surface area contributed by atoms with Gasteiger partial charge in [-0.15, -0.1) is 0 Å². The smallest absolute Gasteiger partial charge is 0.416 e. The molecule has 0 spiro atoms. The van der Waals surface area contributed by atoms with Crippen molar-refractivity contribution in [3.63, 3.8) is 0 Å². The predicted molar refractivity (Wildman–Crippen MR) is 117 cm³/mol. The molecule has 4 rings (SSSR count). The molecule has 1 atom stereocenters. The minimum atomic E-state index is -4.41. The van der Waals surface area contributed by atoms with E-state index in [0.717, 1.165) is 17.2 Å². The molecule has 0 amide bonds. The number of benzene rings is 2. The van der Waals surface area contributed by atoms with E-state index < -0.39 is 21.8 Å². The topological polar surface area (TPSA) is 81.2 Å². The van der Waals surface area contributed by atoms with Gasteiger partial charge in [0.2, 0.25) is 5.95 Å². The Morgan fingerprint density at radius 2 is 1.82 bits per heavy atom. The Kier molecular flexibility index (Phi) is 6.29. The maximum absolute atomic E-state index is 13.2. The van der Waals surface area contributed by atoms with Gasteiger partial charge in [0, 0.05) is 29.9 Å². The SMILES string of the molecule is CCCc1cc(C(F)(F)F)ccc1[C@@H]1CCOc2cc(S(=O)(=O)Nc3ncccn3)ccc21. The number of hydrogen-bond donors (Lipinski definition) is 1. The second-order valence-electron chi connectivity index (χ2n) is 7.73. The number of fused-ring (bicyclic) bond motifs is 1. The molecule has 33 heavy (non-hydrogen) atoms. The number of nitrogens with one attached hydrogen (secondary N) is 1. The van der Waals surface area contributed by atoms with Crippen LogP contribution < -0.4 is 9.46 Å². The second kappa shape index (κ2) is 9.01. The summed E-state index contributed by atoms with van der Waals surface area (Å²) in [6, 6.07) is 9.97. The van der Waals surface area contributed by atoms with E-state index in [1.807, 2.05) is 6.92 Å². The van der Waals surface area contributed by atoms with Crippen LogP contribution in [0.4, 0.5) is 19.1 Å². The molecule has 2 heterocycles.